The zero-order valence-corrected chi connectivity index (χ0v) is 16.4. The molecule has 0 bridgehead atoms. The Morgan fingerprint density at radius 2 is 2.06 bits per heavy atom. The summed E-state index contributed by atoms with van der Waals surface area (Å²) in [6, 6.07) is 0. The molecule has 0 spiro atoms. The average molecular weight is 368 g/mol. The molecular weight excluding hydrogens is 350 g/mol. The van der Waals surface area contributed by atoms with Gasteiger partial charge in [0.15, 0.2) is 0 Å². The van der Waals surface area contributed by atoms with Crippen molar-refractivity contribution in [3.8, 4) is 0 Å². The molecule has 94 valence electrons. The van der Waals surface area contributed by atoms with Gasteiger partial charge in [-0.05, 0) is 0 Å². The van der Waals surface area contributed by atoms with Crippen molar-refractivity contribution in [1.29, 1.82) is 0 Å². The van der Waals surface area contributed by atoms with Gasteiger partial charge in [0, 0.05) is 0 Å². The summed E-state index contributed by atoms with van der Waals surface area (Å²) in [4.78, 5) is 0. The van der Waals surface area contributed by atoms with E-state index in [0.717, 1.165) is 16.7 Å². The second-order valence-corrected chi connectivity index (χ2v) is 8.76. The molecule has 5 heteroatoms. The van der Waals surface area contributed by atoms with Gasteiger partial charge in [0.1, 0.15) is 0 Å². The fourth-order valence-electron chi connectivity index (χ4n) is 2.02. The molecule has 1 atom stereocenters. The van der Waals surface area contributed by atoms with Crippen molar-refractivity contribution in [2.75, 3.05) is 0 Å². The molecule has 0 saturated carbocycles. The summed E-state index contributed by atoms with van der Waals surface area (Å²) >= 11 is -0.684. The van der Waals surface area contributed by atoms with Gasteiger partial charge in [0.05, 0.1) is 0 Å². The molecule has 1 nitrogen and oxygen atoms in total. The number of rotatable bonds is 2. The van der Waals surface area contributed by atoms with Crippen molar-refractivity contribution in [1.82, 2.24) is 0 Å². The molecule has 0 aliphatic heterocycles. The Bertz CT molecular complexity index is 424. The van der Waals surface area contributed by atoms with E-state index < -0.39 is 23.2 Å². The van der Waals surface area contributed by atoms with E-state index in [0.29, 0.717) is 11.7 Å². The molecule has 2 rings (SSSR count). The Morgan fingerprint density at radius 3 is 2.47 bits per heavy atom. The van der Waals surface area contributed by atoms with Gasteiger partial charge in [0.2, 0.25) is 0 Å². The predicted octanol–water partition coefficient (Wildman–Crippen LogP) is 2.82. The summed E-state index contributed by atoms with van der Waals surface area (Å²) in [7, 11) is 0.980. The SMILES string of the molecule is CC1=C([SiH3])C(O)=[C]([Zr][C]2=CC=CC2)C1C.Cl.Cl. The first-order valence-corrected chi connectivity index (χ1v) is 8.80. The minimum atomic E-state index is -0.684. The maximum absolute atomic E-state index is 10.1. The third kappa shape index (κ3) is 3.47. The van der Waals surface area contributed by atoms with E-state index in [2.05, 4.69) is 32.1 Å². The Kier molecular flexibility index (Phi) is 7.32. The molecule has 0 aromatic heterocycles. The van der Waals surface area contributed by atoms with Gasteiger partial charge in [-0.2, -0.15) is 0 Å². The fraction of sp³-hybridized carbons (Fsp3) is 0.333. The van der Waals surface area contributed by atoms with Crippen LogP contribution in [0.3, 0.4) is 0 Å². The summed E-state index contributed by atoms with van der Waals surface area (Å²) in [5, 5.41) is 11.4. The van der Waals surface area contributed by atoms with Crippen LogP contribution in [0.25, 0.3) is 0 Å². The second-order valence-electron chi connectivity index (χ2n) is 4.24. The van der Waals surface area contributed by atoms with Crippen molar-refractivity contribution in [2.45, 2.75) is 20.3 Å². The standard InChI is InChI=1S/C7H11OSi.C5H5.2ClH.Zr/c1-4-3-6(8)7(9)5(4)2;1-2-4-5-3-1;;;/h4,8H,1-2,9H3;1-3H,4H2;2*1H;. The molecule has 2 aliphatic rings. The van der Waals surface area contributed by atoms with Gasteiger partial charge in [-0.15, -0.1) is 24.8 Å². The van der Waals surface area contributed by atoms with E-state index in [1.165, 1.54) is 14.1 Å². The Morgan fingerprint density at radius 1 is 1.41 bits per heavy atom. The Hall–Kier alpha value is 0.440. The number of aliphatic hydroxyl groups is 1. The topological polar surface area (TPSA) is 20.2 Å². The van der Waals surface area contributed by atoms with Gasteiger partial charge in [-0.1, -0.05) is 0 Å². The molecule has 2 aliphatic carbocycles. The molecule has 0 fully saturated rings. The van der Waals surface area contributed by atoms with Gasteiger partial charge >= 0.3 is 106 Å². The van der Waals surface area contributed by atoms with E-state index in [1.54, 1.807) is 3.28 Å². The van der Waals surface area contributed by atoms with Crippen LogP contribution < -0.4 is 0 Å². The number of allylic oxidation sites excluding steroid dienone is 7. The first-order valence-electron chi connectivity index (χ1n) is 5.35. The number of halogens is 2. The minimum absolute atomic E-state index is 0. The summed E-state index contributed by atoms with van der Waals surface area (Å²) < 4.78 is 2.99. The van der Waals surface area contributed by atoms with Gasteiger partial charge in [-0.25, -0.2) is 0 Å². The third-order valence-corrected chi connectivity index (χ3v) is 8.62. The number of hydrogen-bond donors (Lipinski definition) is 1. The van der Waals surface area contributed by atoms with Crippen LogP contribution in [0.2, 0.25) is 0 Å². The van der Waals surface area contributed by atoms with E-state index in [-0.39, 0.29) is 24.8 Å². The quantitative estimate of drug-likeness (QED) is 0.743. The Labute approximate surface area is 130 Å². The summed E-state index contributed by atoms with van der Waals surface area (Å²) in [6.45, 7) is 4.42. The van der Waals surface area contributed by atoms with E-state index >= 15 is 0 Å². The van der Waals surface area contributed by atoms with E-state index in [9.17, 15) is 5.11 Å². The van der Waals surface area contributed by atoms with Crippen LogP contribution in [0.15, 0.2) is 41.3 Å². The van der Waals surface area contributed by atoms with Crippen LogP contribution in [0.4, 0.5) is 0 Å². The van der Waals surface area contributed by atoms with Crippen molar-refractivity contribution >= 4 is 35.1 Å². The molecular formula is C12H18Cl2OSiZr. The molecule has 17 heavy (non-hydrogen) atoms. The predicted molar refractivity (Wildman–Crippen MR) is 77.8 cm³/mol. The summed E-state index contributed by atoms with van der Waals surface area (Å²) in [6.07, 6.45) is 7.75. The molecule has 0 amide bonds. The van der Waals surface area contributed by atoms with Crippen LogP contribution in [0.5, 0.6) is 0 Å². The third-order valence-electron chi connectivity index (χ3n) is 3.35. The number of hydrogen-bond acceptors (Lipinski definition) is 1. The van der Waals surface area contributed by atoms with Crippen LogP contribution in [0.1, 0.15) is 20.3 Å². The fourth-order valence-corrected chi connectivity index (χ4v) is 6.98. The monoisotopic (exact) mass is 366 g/mol. The average Bonchev–Trinajstić information content (AvgIpc) is 2.79. The second kappa shape index (κ2) is 7.13. The van der Waals surface area contributed by atoms with Crippen molar-refractivity contribution < 1.29 is 28.3 Å². The summed E-state index contributed by atoms with van der Waals surface area (Å²) in [5.41, 5.74) is 1.42. The maximum Gasteiger partial charge on any atom is -0.147 e. The largest absolute Gasteiger partial charge is 0.147 e. The Balaban J connectivity index is 0.00000128. The van der Waals surface area contributed by atoms with Crippen LogP contribution >= 0.6 is 24.8 Å². The molecule has 1 N–H and O–H groups in total. The maximum atomic E-state index is 10.1. The van der Waals surface area contributed by atoms with Crippen molar-refractivity contribution in [2.24, 2.45) is 5.92 Å². The van der Waals surface area contributed by atoms with Gasteiger partial charge < -0.3 is 0 Å². The van der Waals surface area contributed by atoms with Crippen LogP contribution in [0, 0.1) is 5.92 Å². The van der Waals surface area contributed by atoms with Crippen LogP contribution in [-0.2, 0) is 23.2 Å². The first-order chi connectivity index (χ1) is 7.11. The molecule has 0 aromatic rings. The van der Waals surface area contributed by atoms with E-state index in [1.807, 2.05) is 0 Å². The summed E-state index contributed by atoms with van der Waals surface area (Å²) in [5.74, 6) is 1.19. The molecule has 0 aromatic carbocycles. The normalized spacial score (nSPS) is 22.5. The molecule has 0 radical (unpaired) electrons. The zero-order valence-electron chi connectivity index (χ0n) is 10.3. The minimum Gasteiger partial charge on any atom is -0.147 e. The van der Waals surface area contributed by atoms with Gasteiger partial charge in [-0.3, -0.25) is 0 Å². The molecule has 0 saturated heterocycles. The van der Waals surface area contributed by atoms with E-state index in [4.69, 9.17) is 0 Å². The van der Waals surface area contributed by atoms with Gasteiger partial charge in [0.25, 0.3) is 0 Å². The van der Waals surface area contributed by atoms with Crippen molar-refractivity contribution in [3.05, 3.63) is 41.3 Å². The first kappa shape index (κ1) is 17.4. The zero-order chi connectivity index (χ0) is 11.0. The molecule has 1 unspecified atom stereocenters. The van der Waals surface area contributed by atoms with Crippen molar-refractivity contribution in [3.63, 3.8) is 0 Å². The molecule has 0 heterocycles. The smallest absolute Gasteiger partial charge is 0.147 e. The van der Waals surface area contributed by atoms with Crippen LogP contribution in [-0.4, -0.2) is 15.3 Å². The number of aliphatic hydroxyl groups excluding tert-OH is 1.